The van der Waals surface area contributed by atoms with Crippen LogP contribution in [0.4, 0.5) is 0 Å². The Morgan fingerprint density at radius 2 is 2.05 bits per heavy atom. The predicted molar refractivity (Wildman–Crippen MR) is 86.6 cm³/mol. The summed E-state index contributed by atoms with van der Waals surface area (Å²) in [5.74, 6) is 0.479. The maximum absolute atomic E-state index is 13.2. The van der Waals surface area contributed by atoms with Crippen LogP contribution in [0, 0.1) is 5.41 Å². The van der Waals surface area contributed by atoms with E-state index in [1.165, 1.54) is 11.1 Å². The molecule has 0 amide bonds. The smallest absolute Gasteiger partial charge is 0.144 e. The first kappa shape index (κ1) is 14.8. The largest absolute Gasteiger partial charge is 0.306 e. The number of rotatable bonds is 3. The lowest BCUT2D eigenvalue weighted by Crippen LogP contribution is -2.61. The number of hydrogen-bond acceptors (Lipinski definition) is 2. The number of carbonyl (C=O) groups excluding carboxylic acids is 1. The second-order valence-electron chi connectivity index (χ2n) is 7.28. The predicted octanol–water partition coefficient (Wildman–Crippen LogP) is 3.58. The van der Waals surface area contributed by atoms with Crippen LogP contribution in [0.1, 0.15) is 50.7 Å². The molecule has 0 bridgehead atoms. The molecule has 0 radical (unpaired) electrons. The summed E-state index contributed by atoms with van der Waals surface area (Å²) in [5, 5.41) is 0. The Bertz CT molecular complexity index is 552. The minimum atomic E-state index is -0.246. The van der Waals surface area contributed by atoms with E-state index in [9.17, 15) is 4.79 Å². The van der Waals surface area contributed by atoms with Crippen molar-refractivity contribution in [3.63, 3.8) is 0 Å². The van der Waals surface area contributed by atoms with Gasteiger partial charge in [0.2, 0.25) is 0 Å². The molecule has 1 aliphatic heterocycles. The lowest BCUT2D eigenvalue weighted by molar-refractivity contribution is -0.135. The van der Waals surface area contributed by atoms with Gasteiger partial charge in [0.25, 0.3) is 0 Å². The third-order valence-electron chi connectivity index (χ3n) is 5.89. The van der Waals surface area contributed by atoms with Crippen LogP contribution >= 0.6 is 0 Å². The highest BCUT2D eigenvalue weighted by atomic mass is 16.1. The second kappa shape index (κ2) is 5.24. The number of fused-ring (bicyclic) bond motifs is 3. The fourth-order valence-corrected chi connectivity index (χ4v) is 4.85. The molecule has 0 spiro atoms. The Morgan fingerprint density at radius 3 is 2.81 bits per heavy atom. The minimum Gasteiger partial charge on any atom is -0.306 e. The van der Waals surface area contributed by atoms with Crippen LogP contribution in [0.3, 0.4) is 0 Å². The van der Waals surface area contributed by atoms with Crippen molar-refractivity contribution < 1.29 is 4.79 Å². The van der Waals surface area contributed by atoms with Crippen LogP contribution in [-0.4, -0.2) is 30.8 Å². The van der Waals surface area contributed by atoms with Gasteiger partial charge in [-0.25, -0.2) is 0 Å². The average molecular weight is 285 g/mol. The number of likely N-dealkylation sites (tertiary alicyclic amines) is 1. The molecule has 0 unspecified atom stereocenters. The van der Waals surface area contributed by atoms with Crippen LogP contribution < -0.4 is 0 Å². The molecular formula is C19H27NO. The molecule has 2 nitrogen and oxygen atoms in total. The molecule has 3 rings (SSSR count). The molecule has 1 heterocycles. The van der Waals surface area contributed by atoms with Crippen LogP contribution in [0.5, 0.6) is 0 Å². The lowest BCUT2D eigenvalue weighted by atomic mass is 9.49. The highest BCUT2D eigenvalue weighted by Crippen LogP contribution is 2.55. The van der Waals surface area contributed by atoms with Gasteiger partial charge in [-0.1, -0.05) is 38.1 Å². The number of benzene rings is 1. The number of piperidine rings is 1. The normalized spacial score (nSPS) is 32.3. The molecule has 0 aromatic heterocycles. The van der Waals surface area contributed by atoms with Gasteiger partial charge in [0, 0.05) is 13.0 Å². The zero-order valence-corrected chi connectivity index (χ0v) is 13.6. The molecule has 2 heteroatoms. The van der Waals surface area contributed by atoms with Crippen LogP contribution in [0.2, 0.25) is 0 Å². The van der Waals surface area contributed by atoms with E-state index in [1.54, 1.807) is 0 Å². The van der Waals surface area contributed by atoms with E-state index >= 15 is 0 Å². The Hall–Kier alpha value is -1.15. The SMILES string of the molecule is CCCC(=O)[C@@]12CCN(C)C[C@]1(C)CCc1ccccc12. The molecule has 1 aromatic carbocycles. The fourth-order valence-electron chi connectivity index (χ4n) is 4.85. The molecular weight excluding hydrogens is 258 g/mol. The molecule has 1 aromatic rings. The van der Waals surface area contributed by atoms with Gasteiger partial charge in [-0.05, 0) is 55.8 Å². The van der Waals surface area contributed by atoms with Gasteiger partial charge < -0.3 is 4.90 Å². The zero-order chi connectivity index (χ0) is 15.1. The van der Waals surface area contributed by atoms with E-state index in [1.807, 2.05) is 0 Å². The van der Waals surface area contributed by atoms with Crippen molar-refractivity contribution in [2.24, 2.45) is 5.41 Å². The highest BCUT2D eigenvalue weighted by molar-refractivity contribution is 5.92. The van der Waals surface area contributed by atoms with Gasteiger partial charge in [-0.2, -0.15) is 0 Å². The number of aryl methyl sites for hydroxylation is 1. The molecule has 0 N–H and O–H groups in total. The monoisotopic (exact) mass is 285 g/mol. The molecule has 1 fully saturated rings. The van der Waals surface area contributed by atoms with E-state index in [2.05, 4.69) is 50.1 Å². The summed E-state index contributed by atoms with van der Waals surface area (Å²) in [5.41, 5.74) is 2.58. The number of nitrogens with zero attached hydrogens (tertiary/aromatic N) is 1. The Balaban J connectivity index is 2.17. The molecule has 2 atom stereocenters. The first-order chi connectivity index (χ1) is 10.0. The van der Waals surface area contributed by atoms with Crippen LogP contribution in [-0.2, 0) is 16.6 Å². The van der Waals surface area contributed by atoms with Crippen molar-refractivity contribution in [3.8, 4) is 0 Å². The van der Waals surface area contributed by atoms with E-state index in [-0.39, 0.29) is 10.8 Å². The Labute approximate surface area is 128 Å². The van der Waals surface area contributed by atoms with Crippen molar-refractivity contribution in [1.29, 1.82) is 0 Å². The second-order valence-corrected chi connectivity index (χ2v) is 7.28. The summed E-state index contributed by atoms with van der Waals surface area (Å²) in [7, 11) is 2.19. The third kappa shape index (κ3) is 2.07. The average Bonchev–Trinajstić information content (AvgIpc) is 2.46. The van der Waals surface area contributed by atoms with Gasteiger partial charge in [0.05, 0.1) is 5.41 Å². The maximum atomic E-state index is 13.2. The Morgan fingerprint density at radius 1 is 1.29 bits per heavy atom. The van der Waals surface area contributed by atoms with Crippen molar-refractivity contribution in [2.75, 3.05) is 20.1 Å². The first-order valence-electron chi connectivity index (χ1n) is 8.34. The Kier molecular flexibility index (Phi) is 3.69. The maximum Gasteiger partial charge on any atom is 0.144 e. The van der Waals surface area contributed by atoms with E-state index in [4.69, 9.17) is 0 Å². The number of carbonyl (C=O) groups is 1. The van der Waals surface area contributed by atoms with Gasteiger partial charge >= 0.3 is 0 Å². The van der Waals surface area contributed by atoms with E-state index < -0.39 is 0 Å². The summed E-state index contributed by atoms with van der Waals surface area (Å²) >= 11 is 0. The van der Waals surface area contributed by atoms with Crippen molar-refractivity contribution >= 4 is 5.78 Å². The van der Waals surface area contributed by atoms with Crippen LogP contribution in [0.15, 0.2) is 24.3 Å². The molecule has 114 valence electrons. The first-order valence-corrected chi connectivity index (χ1v) is 8.34. The van der Waals surface area contributed by atoms with Crippen molar-refractivity contribution in [3.05, 3.63) is 35.4 Å². The summed E-state index contributed by atoms with van der Waals surface area (Å²) in [6.07, 6.45) is 4.89. The van der Waals surface area contributed by atoms with Gasteiger partial charge in [-0.15, -0.1) is 0 Å². The quantitative estimate of drug-likeness (QED) is 0.846. The van der Waals surface area contributed by atoms with Gasteiger partial charge in [-0.3, -0.25) is 4.79 Å². The summed E-state index contributed by atoms with van der Waals surface area (Å²) in [6.45, 7) is 6.54. The van der Waals surface area contributed by atoms with E-state index in [0.29, 0.717) is 12.2 Å². The zero-order valence-electron chi connectivity index (χ0n) is 13.6. The molecule has 21 heavy (non-hydrogen) atoms. The topological polar surface area (TPSA) is 20.3 Å². The van der Waals surface area contributed by atoms with E-state index in [0.717, 1.165) is 38.8 Å². The lowest BCUT2D eigenvalue weighted by Gasteiger charge is -2.57. The van der Waals surface area contributed by atoms with Crippen LogP contribution in [0.25, 0.3) is 0 Å². The number of ketones is 1. The molecule has 0 saturated carbocycles. The number of hydrogen-bond donors (Lipinski definition) is 0. The van der Waals surface area contributed by atoms with Crippen molar-refractivity contribution in [1.82, 2.24) is 4.90 Å². The standard InChI is InChI=1S/C19H27NO/c1-4-7-17(21)19-12-13-20(3)14-18(19,2)11-10-15-8-5-6-9-16(15)19/h5-6,8-9H,4,7,10-14H2,1-3H3/t18-,19-/m0/s1. The van der Waals surface area contributed by atoms with Crippen molar-refractivity contribution in [2.45, 2.75) is 51.4 Å². The molecule has 1 aliphatic carbocycles. The summed E-state index contributed by atoms with van der Waals surface area (Å²) in [6, 6.07) is 8.69. The molecule has 2 aliphatic rings. The fraction of sp³-hybridized carbons (Fsp3) is 0.632. The summed E-state index contributed by atoms with van der Waals surface area (Å²) in [4.78, 5) is 15.6. The minimum absolute atomic E-state index is 0.0839. The third-order valence-corrected chi connectivity index (χ3v) is 5.89. The number of Topliss-reactive ketones (excluding diaryl/α,β-unsaturated/α-hetero) is 1. The van der Waals surface area contributed by atoms with Gasteiger partial charge in [0.15, 0.2) is 0 Å². The highest BCUT2D eigenvalue weighted by Gasteiger charge is 2.57. The molecule has 1 saturated heterocycles. The van der Waals surface area contributed by atoms with Gasteiger partial charge in [0.1, 0.15) is 5.78 Å². The summed E-state index contributed by atoms with van der Waals surface area (Å²) < 4.78 is 0.